The van der Waals surface area contributed by atoms with Crippen LogP contribution in [-0.4, -0.2) is 6.04 Å². The molecule has 1 aliphatic carbocycles. The van der Waals surface area contributed by atoms with Crippen molar-refractivity contribution in [3.8, 4) is 6.07 Å². The average Bonchev–Trinajstić information content (AvgIpc) is 3.00. The summed E-state index contributed by atoms with van der Waals surface area (Å²) in [5, 5.41) is 12.2. The van der Waals surface area contributed by atoms with E-state index in [1.54, 1.807) is 0 Å². The van der Waals surface area contributed by atoms with Crippen molar-refractivity contribution < 1.29 is 0 Å². The molecule has 1 atom stereocenters. The Bertz CT molecular complexity index is 366. The standard InChI is InChI=1S/C11H11BrN2/c12-9-3-1-2-4-10(9)14-11(7-13)8-5-6-8/h1-4,8,11,14H,5-6H2. The highest BCUT2D eigenvalue weighted by atomic mass is 79.9. The predicted octanol–water partition coefficient (Wildman–Crippen LogP) is 3.16. The minimum Gasteiger partial charge on any atom is -0.369 e. The van der Waals surface area contributed by atoms with Crippen LogP contribution in [0.15, 0.2) is 28.7 Å². The van der Waals surface area contributed by atoms with Crippen molar-refractivity contribution >= 4 is 21.6 Å². The van der Waals surface area contributed by atoms with E-state index in [0.29, 0.717) is 5.92 Å². The Morgan fingerprint density at radius 1 is 1.43 bits per heavy atom. The van der Waals surface area contributed by atoms with E-state index in [9.17, 15) is 0 Å². The first kappa shape index (κ1) is 9.54. The Kier molecular flexibility index (Phi) is 2.74. The van der Waals surface area contributed by atoms with E-state index in [1.165, 1.54) is 12.8 Å². The van der Waals surface area contributed by atoms with Gasteiger partial charge in [-0.25, -0.2) is 0 Å². The van der Waals surface area contributed by atoms with E-state index in [-0.39, 0.29) is 6.04 Å². The zero-order valence-electron chi connectivity index (χ0n) is 7.70. The van der Waals surface area contributed by atoms with Crippen LogP contribution in [0.5, 0.6) is 0 Å². The largest absolute Gasteiger partial charge is 0.369 e. The highest BCUT2D eigenvalue weighted by Gasteiger charge is 2.31. The number of hydrogen-bond acceptors (Lipinski definition) is 2. The third-order valence-corrected chi connectivity index (χ3v) is 3.11. The molecule has 1 saturated carbocycles. The number of nitrogens with one attached hydrogen (secondary N) is 1. The Labute approximate surface area is 92.1 Å². The second kappa shape index (κ2) is 4.02. The summed E-state index contributed by atoms with van der Waals surface area (Å²) in [5.74, 6) is 0.548. The van der Waals surface area contributed by atoms with Gasteiger partial charge in [0.1, 0.15) is 6.04 Å². The van der Waals surface area contributed by atoms with Crippen LogP contribution in [0.4, 0.5) is 5.69 Å². The Morgan fingerprint density at radius 2 is 2.14 bits per heavy atom. The number of nitrogens with zero attached hydrogens (tertiary/aromatic N) is 1. The van der Waals surface area contributed by atoms with Gasteiger partial charge in [-0.15, -0.1) is 0 Å². The van der Waals surface area contributed by atoms with Gasteiger partial charge in [-0.05, 0) is 46.8 Å². The van der Waals surface area contributed by atoms with Crippen LogP contribution in [0.1, 0.15) is 12.8 Å². The number of nitriles is 1. The van der Waals surface area contributed by atoms with Gasteiger partial charge in [0, 0.05) is 10.2 Å². The van der Waals surface area contributed by atoms with Gasteiger partial charge in [0.15, 0.2) is 0 Å². The lowest BCUT2D eigenvalue weighted by molar-refractivity contribution is 0.766. The maximum atomic E-state index is 8.96. The number of para-hydroxylation sites is 1. The van der Waals surface area contributed by atoms with E-state index in [1.807, 2.05) is 24.3 Å². The smallest absolute Gasteiger partial charge is 0.117 e. The first-order valence-corrected chi connectivity index (χ1v) is 5.51. The summed E-state index contributed by atoms with van der Waals surface area (Å²) < 4.78 is 1.01. The molecule has 2 nitrogen and oxygen atoms in total. The Balaban J connectivity index is 2.09. The van der Waals surface area contributed by atoms with Crippen molar-refractivity contribution in [2.45, 2.75) is 18.9 Å². The molecule has 0 radical (unpaired) electrons. The fourth-order valence-electron chi connectivity index (χ4n) is 1.43. The second-order valence-corrected chi connectivity index (χ2v) is 4.42. The maximum Gasteiger partial charge on any atom is 0.117 e. The summed E-state index contributed by atoms with van der Waals surface area (Å²) in [6, 6.07) is 10.2. The van der Waals surface area contributed by atoms with Crippen LogP contribution < -0.4 is 5.32 Å². The molecule has 2 rings (SSSR count). The molecular formula is C11H11BrN2. The number of anilines is 1. The number of rotatable bonds is 3. The SMILES string of the molecule is N#CC(Nc1ccccc1Br)C1CC1. The number of halogens is 1. The lowest BCUT2D eigenvalue weighted by Gasteiger charge is -2.12. The topological polar surface area (TPSA) is 35.8 Å². The average molecular weight is 251 g/mol. The maximum absolute atomic E-state index is 8.96. The third kappa shape index (κ3) is 2.08. The van der Waals surface area contributed by atoms with Gasteiger partial charge >= 0.3 is 0 Å². The molecule has 3 heteroatoms. The molecule has 72 valence electrons. The van der Waals surface area contributed by atoms with Gasteiger partial charge in [0.25, 0.3) is 0 Å². The fraction of sp³-hybridized carbons (Fsp3) is 0.364. The summed E-state index contributed by atoms with van der Waals surface area (Å²) >= 11 is 3.45. The van der Waals surface area contributed by atoms with Crippen molar-refractivity contribution in [3.05, 3.63) is 28.7 Å². The summed E-state index contributed by atoms with van der Waals surface area (Å²) in [5.41, 5.74) is 1.01. The lowest BCUT2D eigenvalue weighted by Crippen LogP contribution is -2.19. The van der Waals surface area contributed by atoms with Crippen molar-refractivity contribution in [2.75, 3.05) is 5.32 Å². The molecule has 1 aromatic rings. The van der Waals surface area contributed by atoms with Crippen LogP contribution in [-0.2, 0) is 0 Å². The molecule has 0 heterocycles. The van der Waals surface area contributed by atoms with Crippen molar-refractivity contribution in [2.24, 2.45) is 5.92 Å². The summed E-state index contributed by atoms with van der Waals surface area (Å²) in [6.07, 6.45) is 2.35. The summed E-state index contributed by atoms with van der Waals surface area (Å²) in [7, 11) is 0. The van der Waals surface area contributed by atoms with E-state index in [4.69, 9.17) is 5.26 Å². The van der Waals surface area contributed by atoms with E-state index in [0.717, 1.165) is 10.2 Å². The number of hydrogen-bond donors (Lipinski definition) is 1. The van der Waals surface area contributed by atoms with E-state index >= 15 is 0 Å². The second-order valence-electron chi connectivity index (χ2n) is 3.57. The lowest BCUT2D eigenvalue weighted by atomic mass is 10.2. The minimum atomic E-state index is -0.0336. The van der Waals surface area contributed by atoms with Gasteiger partial charge in [-0.2, -0.15) is 5.26 Å². The van der Waals surface area contributed by atoms with Gasteiger partial charge in [0.2, 0.25) is 0 Å². The van der Waals surface area contributed by atoms with Crippen molar-refractivity contribution in [3.63, 3.8) is 0 Å². The van der Waals surface area contributed by atoms with E-state index < -0.39 is 0 Å². The Hall–Kier alpha value is -1.01. The fourth-order valence-corrected chi connectivity index (χ4v) is 1.83. The first-order chi connectivity index (χ1) is 6.81. The van der Waals surface area contributed by atoms with Crippen LogP contribution in [0.2, 0.25) is 0 Å². The first-order valence-electron chi connectivity index (χ1n) is 4.72. The summed E-state index contributed by atoms with van der Waals surface area (Å²) in [4.78, 5) is 0. The Morgan fingerprint density at radius 3 is 2.71 bits per heavy atom. The van der Waals surface area contributed by atoms with Crippen LogP contribution >= 0.6 is 15.9 Å². The van der Waals surface area contributed by atoms with Gasteiger partial charge in [0.05, 0.1) is 6.07 Å². The van der Waals surface area contributed by atoms with Crippen LogP contribution in [0.25, 0.3) is 0 Å². The normalized spacial score (nSPS) is 17.1. The van der Waals surface area contributed by atoms with Crippen LogP contribution in [0.3, 0.4) is 0 Å². The molecule has 1 fully saturated rings. The van der Waals surface area contributed by atoms with Crippen molar-refractivity contribution in [1.82, 2.24) is 0 Å². The number of benzene rings is 1. The molecule has 0 saturated heterocycles. The molecule has 14 heavy (non-hydrogen) atoms. The molecule has 1 N–H and O–H groups in total. The predicted molar refractivity (Wildman–Crippen MR) is 59.9 cm³/mol. The minimum absolute atomic E-state index is 0.0336. The molecule has 1 aromatic carbocycles. The van der Waals surface area contributed by atoms with Crippen LogP contribution in [0, 0.1) is 17.2 Å². The van der Waals surface area contributed by atoms with Gasteiger partial charge in [-0.1, -0.05) is 12.1 Å². The molecule has 1 unspecified atom stereocenters. The van der Waals surface area contributed by atoms with Gasteiger partial charge < -0.3 is 5.32 Å². The molecule has 1 aliphatic rings. The van der Waals surface area contributed by atoms with E-state index in [2.05, 4.69) is 27.3 Å². The molecule has 0 spiro atoms. The highest BCUT2D eigenvalue weighted by molar-refractivity contribution is 9.10. The van der Waals surface area contributed by atoms with Crippen molar-refractivity contribution in [1.29, 1.82) is 5.26 Å². The molecule has 0 aromatic heterocycles. The third-order valence-electron chi connectivity index (χ3n) is 2.42. The molecular weight excluding hydrogens is 240 g/mol. The zero-order chi connectivity index (χ0) is 9.97. The monoisotopic (exact) mass is 250 g/mol. The highest BCUT2D eigenvalue weighted by Crippen LogP contribution is 2.35. The molecule has 0 amide bonds. The quantitative estimate of drug-likeness (QED) is 0.895. The molecule has 0 aliphatic heterocycles. The molecule has 0 bridgehead atoms. The zero-order valence-corrected chi connectivity index (χ0v) is 9.29. The van der Waals surface area contributed by atoms with Gasteiger partial charge in [-0.3, -0.25) is 0 Å². The summed E-state index contributed by atoms with van der Waals surface area (Å²) in [6.45, 7) is 0.